The fourth-order valence-electron chi connectivity index (χ4n) is 3.89. The lowest BCUT2D eigenvalue weighted by molar-refractivity contribution is -0.171. The highest BCUT2D eigenvalue weighted by molar-refractivity contribution is 5.84. The van der Waals surface area contributed by atoms with E-state index in [0.717, 1.165) is 16.7 Å². The maximum absolute atomic E-state index is 13.5. The third kappa shape index (κ3) is 10.7. The first-order valence-electron chi connectivity index (χ1n) is 13.5. The average molecular weight is 540 g/mol. The number of esters is 2. The average Bonchev–Trinajstić information content (AvgIpc) is 2.84. The van der Waals surface area contributed by atoms with Crippen LogP contribution in [0.2, 0.25) is 0 Å². The third-order valence-corrected chi connectivity index (χ3v) is 6.10. The van der Waals surface area contributed by atoms with Gasteiger partial charge in [-0.15, -0.1) is 0 Å². The molecule has 0 saturated carbocycles. The molecule has 0 N–H and O–H groups in total. The molecule has 2 rings (SSSR count). The Morgan fingerprint density at radius 1 is 0.821 bits per heavy atom. The first-order valence-corrected chi connectivity index (χ1v) is 13.5. The van der Waals surface area contributed by atoms with Crippen molar-refractivity contribution in [3.05, 3.63) is 71.3 Å². The molecule has 2 aromatic carbocycles. The Morgan fingerprint density at radius 3 is 1.92 bits per heavy atom. The zero-order chi connectivity index (χ0) is 29.4. The molecule has 7 heteroatoms. The molecule has 0 unspecified atom stereocenters. The molecule has 0 aliphatic heterocycles. The van der Waals surface area contributed by atoms with Crippen molar-refractivity contribution in [2.45, 2.75) is 98.0 Å². The molecule has 0 aliphatic rings. The number of carbonyl (C=O) groups is 3. The van der Waals surface area contributed by atoms with Crippen molar-refractivity contribution in [1.82, 2.24) is 4.90 Å². The van der Waals surface area contributed by atoms with Gasteiger partial charge in [-0.2, -0.15) is 0 Å². The molecular formula is C32H45NO6. The fourth-order valence-corrected chi connectivity index (χ4v) is 3.89. The van der Waals surface area contributed by atoms with Gasteiger partial charge in [-0.05, 0) is 55.2 Å². The Morgan fingerprint density at radius 2 is 1.41 bits per heavy atom. The topological polar surface area (TPSA) is 82.1 Å². The molecule has 7 nitrogen and oxygen atoms in total. The highest BCUT2D eigenvalue weighted by Gasteiger charge is 2.35. The predicted molar refractivity (Wildman–Crippen MR) is 152 cm³/mol. The highest BCUT2D eigenvalue weighted by atomic mass is 16.6. The minimum atomic E-state index is -1.18. The van der Waals surface area contributed by atoms with Crippen LogP contribution < -0.4 is 0 Å². The summed E-state index contributed by atoms with van der Waals surface area (Å²) in [6.45, 7) is 15.6. The van der Waals surface area contributed by atoms with Crippen LogP contribution in [-0.4, -0.2) is 47.7 Å². The number of benzene rings is 2. The highest BCUT2D eigenvalue weighted by Crippen LogP contribution is 2.23. The summed E-state index contributed by atoms with van der Waals surface area (Å²) in [5.74, 6) is -1.23. The van der Waals surface area contributed by atoms with Crippen molar-refractivity contribution in [3.63, 3.8) is 0 Å². The van der Waals surface area contributed by atoms with Crippen molar-refractivity contribution >= 4 is 18.0 Å². The van der Waals surface area contributed by atoms with Gasteiger partial charge in [0.05, 0.1) is 0 Å². The lowest BCUT2D eigenvalue weighted by Crippen LogP contribution is -2.47. The maximum Gasteiger partial charge on any atom is 0.410 e. The van der Waals surface area contributed by atoms with Crippen LogP contribution in [0.15, 0.2) is 54.6 Å². The predicted octanol–water partition coefficient (Wildman–Crippen LogP) is 6.46. The molecule has 0 heterocycles. The SMILES string of the molecule is CC(C)C[C@@H](C(=O)O[C@H](Cc1ccc(C(C)(C)C)cc1)C(=O)OCc1ccccc1)N(C)C(=O)OC(C)(C)C. The van der Waals surface area contributed by atoms with Crippen LogP contribution in [0.4, 0.5) is 4.79 Å². The number of likely N-dealkylation sites (N-methyl/N-ethyl adjacent to an activating group) is 1. The summed E-state index contributed by atoms with van der Waals surface area (Å²) >= 11 is 0. The quantitative estimate of drug-likeness (QED) is 0.254. The Hall–Kier alpha value is -3.35. The minimum absolute atomic E-state index is 0.0185. The van der Waals surface area contributed by atoms with Gasteiger partial charge in [-0.3, -0.25) is 4.90 Å². The van der Waals surface area contributed by atoms with E-state index in [1.165, 1.54) is 11.9 Å². The monoisotopic (exact) mass is 539 g/mol. The Labute approximate surface area is 233 Å². The summed E-state index contributed by atoms with van der Waals surface area (Å²) in [5, 5.41) is 0. The lowest BCUT2D eigenvalue weighted by atomic mass is 9.86. The van der Waals surface area contributed by atoms with Crippen LogP contribution in [0.25, 0.3) is 0 Å². The molecule has 0 fully saturated rings. The van der Waals surface area contributed by atoms with Crippen LogP contribution in [0.1, 0.15) is 78.5 Å². The van der Waals surface area contributed by atoms with E-state index >= 15 is 0 Å². The first-order chi connectivity index (χ1) is 18.1. The molecule has 214 valence electrons. The largest absolute Gasteiger partial charge is 0.458 e. The summed E-state index contributed by atoms with van der Waals surface area (Å²) in [4.78, 5) is 40.7. The summed E-state index contributed by atoms with van der Waals surface area (Å²) in [6, 6.07) is 16.3. The molecule has 0 radical (unpaired) electrons. The van der Waals surface area contributed by atoms with Gasteiger partial charge >= 0.3 is 18.0 Å². The molecule has 0 saturated heterocycles. The second-order valence-electron chi connectivity index (χ2n) is 12.4. The second-order valence-corrected chi connectivity index (χ2v) is 12.4. The summed E-state index contributed by atoms with van der Waals surface area (Å²) in [7, 11) is 1.51. The number of rotatable bonds is 10. The summed E-state index contributed by atoms with van der Waals surface area (Å²) in [6.07, 6.45) is -1.32. The van der Waals surface area contributed by atoms with E-state index < -0.39 is 35.8 Å². The van der Waals surface area contributed by atoms with Gasteiger partial charge in [0.1, 0.15) is 18.2 Å². The van der Waals surface area contributed by atoms with Crippen LogP contribution in [0.5, 0.6) is 0 Å². The van der Waals surface area contributed by atoms with E-state index in [9.17, 15) is 14.4 Å². The van der Waals surface area contributed by atoms with Crippen LogP contribution >= 0.6 is 0 Å². The van der Waals surface area contributed by atoms with Gasteiger partial charge in [0.2, 0.25) is 6.10 Å². The smallest absolute Gasteiger partial charge is 0.410 e. The van der Waals surface area contributed by atoms with Gasteiger partial charge in [0.15, 0.2) is 0 Å². The molecule has 39 heavy (non-hydrogen) atoms. The molecule has 2 atom stereocenters. The molecule has 0 bridgehead atoms. The van der Waals surface area contributed by atoms with E-state index in [0.29, 0.717) is 6.42 Å². The minimum Gasteiger partial charge on any atom is -0.458 e. The summed E-state index contributed by atoms with van der Waals surface area (Å²) in [5.41, 5.74) is 2.07. The molecule has 0 spiro atoms. The van der Waals surface area contributed by atoms with Gasteiger partial charge < -0.3 is 14.2 Å². The number of carbonyl (C=O) groups excluding carboxylic acids is 3. The first kappa shape index (κ1) is 31.9. The number of hydrogen-bond donors (Lipinski definition) is 0. The summed E-state index contributed by atoms with van der Waals surface area (Å²) < 4.78 is 16.8. The van der Waals surface area contributed by atoms with Crippen molar-refractivity contribution in [1.29, 1.82) is 0 Å². The standard InChI is InChI=1S/C32H45NO6/c1-22(2)19-26(33(9)30(36)39-32(6,7)8)28(34)38-27(29(35)37-21-24-13-11-10-12-14-24)20-23-15-17-25(18-16-23)31(3,4)5/h10-18,22,26-27H,19-21H2,1-9H3/t26-,27+/m0/s1. The van der Waals surface area contributed by atoms with Crippen LogP contribution in [0.3, 0.4) is 0 Å². The Balaban J connectivity index is 2.28. The van der Waals surface area contributed by atoms with E-state index in [1.807, 2.05) is 68.4 Å². The number of hydrogen-bond acceptors (Lipinski definition) is 6. The van der Waals surface area contributed by atoms with Crippen molar-refractivity contribution in [2.75, 3.05) is 7.05 Å². The van der Waals surface area contributed by atoms with Gasteiger partial charge in [-0.1, -0.05) is 89.2 Å². The second kappa shape index (κ2) is 13.6. The third-order valence-electron chi connectivity index (χ3n) is 6.10. The van der Waals surface area contributed by atoms with E-state index in [4.69, 9.17) is 14.2 Å². The number of nitrogens with zero attached hydrogens (tertiary/aromatic N) is 1. The number of ether oxygens (including phenoxy) is 3. The van der Waals surface area contributed by atoms with E-state index in [1.54, 1.807) is 20.8 Å². The Kier molecular flexibility index (Phi) is 11.1. The molecule has 0 aliphatic carbocycles. The van der Waals surface area contributed by atoms with Gasteiger partial charge in [-0.25, -0.2) is 14.4 Å². The lowest BCUT2D eigenvalue weighted by Gasteiger charge is -2.31. The normalized spacial score (nSPS) is 13.4. The molecule has 2 aromatic rings. The number of amides is 1. The maximum atomic E-state index is 13.5. The van der Waals surface area contributed by atoms with E-state index in [-0.39, 0.29) is 24.4 Å². The van der Waals surface area contributed by atoms with Crippen LogP contribution in [-0.2, 0) is 42.2 Å². The molecular weight excluding hydrogens is 494 g/mol. The van der Waals surface area contributed by atoms with Gasteiger partial charge in [0, 0.05) is 13.5 Å². The fraction of sp³-hybridized carbons (Fsp3) is 0.531. The van der Waals surface area contributed by atoms with Crippen molar-refractivity contribution in [2.24, 2.45) is 5.92 Å². The zero-order valence-electron chi connectivity index (χ0n) is 24.9. The van der Waals surface area contributed by atoms with Crippen LogP contribution in [0, 0.1) is 5.92 Å². The molecule has 0 aromatic heterocycles. The van der Waals surface area contributed by atoms with Crippen molar-refractivity contribution < 1.29 is 28.6 Å². The zero-order valence-corrected chi connectivity index (χ0v) is 24.9. The van der Waals surface area contributed by atoms with Crippen molar-refractivity contribution in [3.8, 4) is 0 Å². The van der Waals surface area contributed by atoms with Gasteiger partial charge in [0.25, 0.3) is 0 Å². The Bertz CT molecular complexity index is 1080. The van der Waals surface area contributed by atoms with E-state index in [2.05, 4.69) is 20.8 Å². The molecule has 1 amide bonds.